The van der Waals surface area contributed by atoms with Gasteiger partial charge in [-0.25, -0.2) is 0 Å². The number of aliphatic carboxylic acids is 3. The molecular weight excluding hydrogens is 248 g/mol. The van der Waals surface area contributed by atoms with Gasteiger partial charge in [-0.05, 0) is 20.8 Å². The van der Waals surface area contributed by atoms with E-state index < -0.39 is 17.9 Å². The van der Waals surface area contributed by atoms with Crippen molar-refractivity contribution in [3.05, 3.63) is 0 Å². The molecular formula is C6H12BNa3O6. The molecule has 0 radical (unpaired) electrons. The van der Waals surface area contributed by atoms with Gasteiger partial charge in [-0.1, -0.05) is 0 Å². The first-order chi connectivity index (χ1) is 5.20. The summed E-state index contributed by atoms with van der Waals surface area (Å²) >= 11 is 0. The molecule has 16 heavy (non-hydrogen) atoms. The van der Waals surface area contributed by atoms with E-state index in [0.717, 1.165) is 20.8 Å². The second kappa shape index (κ2) is 36.0. The molecule has 0 atom stereocenters. The van der Waals surface area contributed by atoms with Gasteiger partial charge in [0.25, 0.3) is 0 Å². The van der Waals surface area contributed by atoms with Gasteiger partial charge in [0.2, 0.25) is 0 Å². The third-order valence-electron chi connectivity index (χ3n) is 0. The summed E-state index contributed by atoms with van der Waals surface area (Å²) in [5.74, 6) is -3.25. The van der Waals surface area contributed by atoms with Gasteiger partial charge in [0.1, 0.15) is 0 Å². The zero-order valence-electron chi connectivity index (χ0n) is 9.95. The number of hydrogen-bond donors (Lipinski definition) is 0. The predicted octanol–water partition coefficient (Wildman–Crippen LogP) is -13.9. The fourth-order valence-electron chi connectivity index (χ4n) is 0. The minimum absolute atomic E-state index is 0. The van der Waals surface area contributed by atoms with E-state index in [0.29, 0.717) is 0 Å². The molecule has 0 saturated carbocycles. The summed E-state index contributed by atoms with van der Waals surface area (Å²) in [6.07, 6.45) is 0. The molecule has 0 heterocycles. The summed E-state index contributed by atoms with van der Waals surface area (Å²) in [5, 5.41) is 26.7. The average molecular weight is 260 g/mol. The molecule has 0 aliphatic rings. The minimum Gasteiger partial charge on any atom is -0.550 e. The van der Waals surface area contributed by atoms with E-state index in [9.17, 15) is 0 Å². The number of hydrogen-bond acceptors (Lipinski definition) is 6. The normalized spacial score (nSPS) is 4.69. The number of carboxylic acid groups (broad SMARTS) is 3. The molecule has 10 heteroatoms. The largest absolute Gasteiger partial charge is 1.00 e. The molecule has 0 unspecified atom stereocenters. The zero-order valence-corrected chi connectivity index (χ0v) is 15.9. The van der Waals surface area contributed by atoms with Crippen molar-refractivity contribution in [2.45, 2.75) is 20.8 Å². The molecule has 78 valence electrons. The molecule has 0 N–H and O–H groups in total. The van der Waals surface area contributed by atoms with E-state index >= 15 is 0 Å². The van der Waals surface area contributed by atoms with Gasteiger partial charge in [0.15, 0.2) is 0 Å². The Morgan fingerprint density at radius 2 is 0.625 bits per heavy atom. The van der Waals surface area contributed by atoms with E-state index in [-0.39, 0.29) is 97.1 Å². The Morgan fingerprint density at radius 1 is 0.625 bits per heavy atom. The van der Waals surface area contributed by atoms with Crippen molar-refractivity contribution in [2.75, 3.05) is 0 Å². The van der Waals surface area contributed by atoms with Crippen molar-refractivity contribution < 1.29 is 118 Å². The van der Waals surface area contributed by atoms with Crippen LogP contribution in [-0.4, -0.2) is 26.3 Å². The van der Waals surface area contributed by atoms with Crippen LogP contribution in [0, 0.1) is 0 Å². The van der Waals surface area contributed by atoms with Crippen LogP contribution in [0.2, 0.25) is 0 Å². The van der Waals surface area contributed by atoms with Crippen LogP contribution in [-0.2, 0) is 14.4 Å². The smallest absolute Gasteiger partial charge is 0.550 e. The van der Waals surface area contributed by atoms with E-state index in [1.807, 2.05) is 0 Å². The molecule has 0 aromatic heterocycles. The van der Waals surface area contributed by atoms with Gasteiger partial charge < -0.3 is 29.7 Å². The van der Waals surface area contributed by atoms with Gasteiger partial charge in [0.05, 0.1) is 8.41 Å². The van der Waals surface area contributed by atoms with Crippen LogP contribution in [0.1, 0.15) is 20.8 Å². The SMILES string of the molecule is B.CC(=O)[O-].CC(=O)[O-].CC(=O)[O-].[Na+].[Na+].[Na+]. The Morgan fingerprint density at radius 3 is 0.625 bits per heavy atom. The van der Waals surface area contributed by atoms with Gasteiger partial charge in [-0.3, -0.25) is 0 Å². The van der Waals surface area contributed by atoms with E-state index in [1.165, 1.54) is 0 Å². The summed E-state index contributed by atoms with van der Waals surface area (Å²) in [4.78, 5) is 26.7. The summed E-state index contributed by atoms with van der Waals surface area (Å²) in [6, 6.07) is 0. The molecule has 0 bridgehead atoms. The Balaban J connectivity index is -0.0000000135. The van der Waals surface area contributed by atoms with Gasteiger partial charge in [-0.15, -0.1) is 0 Å². The molecule has 0 fully saturated rings. The van der Waals surface area contributed by atoms with Crippen molar-refractivity contribution in [1.29, 1.82) is 0 Å². The molecule has 0 aromatic carbocycles. The van der Waals surface area contributed by atoms with Gasteiger partial charge in [-0.2, -0.15) is 0 Å². The van der Waals surface area contributed by atoms with E-state index in [4.69, 9.17) is 29.7 Å². The van der Waals surface area contributed by atoms with Crippen molar-refractivity contribution in [3.63, 3.8) is 0 Å². The monoisotopic (exact) mass is 260 g/mol. The standard InChI is InChI=1S/3C2H4O2.BH3.3Na/c3*1-2(3)4;;;;/h3*1H3,(H,3,4);1H3;;;/q;;;;3*+1/p-3. The van der Waals surface area contributed by atoms with Crippen molar-refractivity contribution >= 4 is 26.3 Å². The van der Waals surface area contributed by atoms with Crippen molar-refractivity contribution in [3.8, 4) is 0 Å². The molecule has 6 nitrogen and oxygen atoms in total. The summed E-state index contributed by atoms with van der Waals surface area (Å²) in [5.41, 5.74) is 0. The quantitative estimate of drug-likeness (QED) is 0.399. The Kier molecular flexibility index (Phi) is 97.1. The summed E-state index contributed by atoms with van der Waals surface area (Å²) in [6.45, 7) is 2.92. The first kappa shape index (κ1) is 43.2. The van der Waals surface area contributed by atoms with Crippen LogP contribution in [0.4, 0.5) is 0 Å². The molecule has 0 aromatic rings. The fraction of sp³-hybridized carbons (Fsp3) is 0.500. The van der Waals surface area contributed by atoms with E-state index in [2.05, 4.69) is 0 Å². The Bertz CT molecular complexity index is 126. The van der Waals surface area contributed by atoms with Gasteiger partial charge >= 0.3 is 88.7 Å². The summed E-state index contributed by atoms with van der Waals surface area (Å²) in [7, 11) is 0. The number of carboxylic acids is 3. The second-order valence-corrected chi connectivity index (χ2v) is 1.47. The number of carbonyl (C=O) groups is 3. The minimum atomic E-state index is -1.08. The third kappa shape index (κ3) is 1490. The maximum Gasteiger partial charge on any atom is 1.00 e. The maximum atomic E-state index is 8.89. The van der Waals surface area contributed by atoms with Crippen molar-refractivity contribution in [1.82, 2.24) is 0 Å². The molecule has 0 rings (SSSR count). The van der Waals surface area contributed by atoms with Crippen LogP contribution >= 0.6 is 0 Å². The zero-order chi connectivity index (χ0) is 10.7. The fourth-order valence-corrected chi connectivity index (χ4v) is 0. The molecule has 0 saturated heterocycles. The maximum absolute atomic E-state index is 8.89. The molecule has 0 aliphatic heterocycles. The third-order valence-corrected chi connectivity index (χ3v) is 0. The van der Waals surface area contributed by atoms with E-state index in [1.54, 1.807) is 0 Å². The van der Waals surface area contributed by atoms with Crippen LogP contribution < -0.4 is 104 Å². The number of carbonyl (C=O) groups excluding carboxylic acids is 3. The number of rotatable bonds is 0. The van der Waals surface area contributed by atoms with Crippen molar-refractivity contribution in [2.24, 2.45) is 0 Å². The van der Waals surface area contributed by atoms with Gasteiger partial charge in [0, 0.05) is 17.9 Å². The summed E-state index contributed by atoms with van der Waals surface area (Å²) < 4.78 is 0. The van der Waals surface area contributed by atoms with Crippen LogP contribution in [0.3, 0.4) is 0 Å². The Hall–Kier alpha value is 1.47. The second-order valence-electron chi connectivity index (χ2n) is 1.47. The molecule has 0 aliphatic carbocycles. The topological polar surface area (TPSA) is 120 Å². The van der Waals surface area contributed by atoms with Crippen LogP contribution in [0.25, 0.3) is 0 Å². The molecule has 0 spiro atoms. The average Bonchev–Trinajstić information content (AvgIpc) is 1.54. The van der Waals surface area contributed by atoms with Crippen LogP contribution in [0.15, 0.2) is 0 Å². The van der Waals surface area contributed by atoms with Crippen LogP contribution in [0.5, 0.6) is 0 Å². The first-order valence-corrected chi connectivity index (χ1v) is 2.72. The first-order valence-electron chi connectivity index (χ1n) is 2.72. The molecule has 0 amide bonds. The Labute approximate surface area is 163 Å². The predicted molar refractivity (Wildman–Crippen MR) is 42.0 cm³/mol.